The van der Waals surface area contributed by atoms with E-state index in [1.165, 1.54) is 21.8 Å². The number of halogens is 1. The molecule has 0 bridgehead atoms. The van der Waals surface area contributed by atoms with Gasteiger partial charge in [0, 0.05) is 12.8 Å². The van der Waals surface area contributed by atoms with Crippen LogP contribution in [0.1, 0.15) is 46.1 Å². The standard InChI is InChI=1S/C28H35FN8O14P2S2/c1-28(2,3)27(41)46-13-35-9-33-23-22(26(35)40)30-10-36(23)19-4-15(29)17(49-19)6-48-53(44,55)51-16-5-20(50-18(16)7-47-52(42,43)54)37-11-31-21-24(37)32-8-34(25(21)39)12-45-14-38/h8-11,14-20H,4-7,12-13H2,1-3H3,(H,44,55)(H2,42,43,54)/t15?,16-,17?,18?,19?,20?,53?/m0/s1. The van der Waals surface area contributed by atoms with Crippen LogP contribution in [0.25, 0.3) is 22.3 Å². The predicted molar refractivity (Wildman–Crippen MR) is 190 cm³/mol. The fraction of sp³-hybridized carbons (Fsp3) is 0.571. The van der Waals surface area contributed by atoms with Crippen LogP contribution in [0.2, 0.25) is 0 Å². The largest absolute Gasteiger partial charge is 0.446 e. The van der Waals surface area contributed by atoms with E-state index in [1.807, 2.05) is 0 Å². The molecule has 300 valence electrons. The highest BCUT2D eigenvalue weighted by atomic mass is 32.7. The molecular weight excluding hydrogens is 817 g/mol. The summed E-state index contributed by atoms with van der Waals surface area (Å²) in [5.74, 6) is -0.525. The predicted octanol–water partition coefficient (Wildman–Crippen LogP) is 2.28. The van der Waals surface area contributed by atoms with E-state index in [0.717, 1.165) is 21.8 Å². The molecule has 0 radical (unpaired) electrons. The number of ether oxygens (including phenoxy) is 4. The van der Waals surface area contributed by atoms with Crippen LogP contribution in [0.15, 0.2) is 34.9 Å². The first-order valence-electron chi connectivity index (χ1n) is 16.2. The number of esters is 1. The second-order valence-corrected chi connectivity index (χ2v) is 19.0. The molecule has 6 heterocycles. The third-order valence-corrected chi connectivity index (χ3v) is 10.8. The normalized spacial score (nSPS) is 25.2. The Balaban J connectivity index is 1.11. The highest BCUT2D eigenvalue weighted by molar-refractivity contribution is 8.44. The Hall–Kier alpha value is -3.51. The lowest BCUT2D eigenvalue weighted by molar-refractivity contribution is -0.157. The number of thiol groups is 2. The number of aromatic nitrogens is 8. The molecule has 0 aliphatic carbocycles. The van der Waals surface area contributed by atoms with Crippen molar-refractivity contribution in [1.82, 2.24) is 38.2 Å². The van der Waals surface area contributed by atoms with E-state index in [0.29, 0.717) is 0 Å². The molecule has 6 rings (SSSR count). The Kier molecular flexibility index (Phi) is 12.1. The topological polar surface area (TPSA) is 259 Å². The molecule has 0 spiro atoms. The lowest BCUT2D eigenvalue weighted by atomic mass is 9.98. The SMILES string of the molecule is CC(C)(C)C(=O)OCn1cnc2c(ncn2C2CC(F)C(COP(=O)(S)O[C@H]3CC(n4cnc5c(=O)n(COC=O)cnc54)OC3COP(=O)(O)S)O2)c1=O. The van der Waals surface area contributed by atoms with Crippen LogP contribution in [0.5, 0.6) is 0 Å². The molecule has 22 nitrogen and oxygen atoms in total. The van der Waals surface area contributed by atoms with Crippen molar-refractivity contribution in [3.05, 3.63) is 46.0 Å². The Morgan fingerprint density at radius 3 is 2.02 bits per heavy atom. The number of rotatable bonds is 15. The minimum absolute atomic E-state index is 0.0695. The van der Waals surface area contributed by atoms with Crippen LogP contribution in [0.3, 0.4) is 0 Å². The number of carbonyl (C=O) groups is 2. The van der Waals surface area contributed by atoms with Gasteiger partial charge in [-0.25, -0.2) is 33.5 Å². The maximum atomic E-state index is 15.3. The van der Waals surface area contributed by atoms with E-state index < -0.39 is 93.0 Å². The molecule has 2 fully saturated rings. The van der Waals surface area contributed by atoms with Crippen molar-refractivity contribution in [1.29, 1.82) is 0 Å². The zero-order valence-electron chi connectivity index (χ0n) is 29.1. The van der Waals surface area contributed by atoms with Gasteiger partial charge in [-0.15, -0.1) is 0 Å². The summed E-state index contributed by atoms with van der Waals surface area (Å²) < 4.78 is 83.0. The molecule has 4 aromatic rings. The van der Waals surface area contributed by atoms with Crippen LogP contribution in [0, 0.1) is 5.41 Å². The Morgan fingerprint density at radius 1 is 0.909 bits per heavy atom. The van der Waals surface area contributed by atoms with E-state index in [-0.39, 0.29) is 48.4 Å². The summed E-state index contributed by atoms with van der Waals surface area (Å²) in [7, 11) is 0. The van der Waals surface area contributed by atoms with Gasteiger partial charge in [-0.1, -0.05) is 24.5 Å². The van der Waals surface area contributed by atoms with Gasteiger partial charge >= 0.3 is 19.6 Å². The molecule has 55 heavy (non-hydrogen) atoms. The molecule has 0 aromatic carbocycles. The maximum absolute atomic E-state index is 15.3. The van der Waals surface area contributed by atoms with Gasteiger partial charge in [0.2, 0.25) is 0 Å². The molecule has 27 heteroatoms. The zero-order valence-corrected chi connectivity index (χ0v) is 32.7. The van der Waals surface area contributed by atoms with Crippen LogP contribution in [0.4, 0.5) is 4.39 Å². The number of fused-ring (bicyclic) bond motifs is 2. The van der Waals surface area contributed by atoms with Crippen molar-refractivity contribution in [3.63, 3.8) is 0 Å². The third-order valence-electron chi connectivity index (χ3n) is 8.37. The monoisotopic (exact) mass is 852 g/mol. The van der Waals surface area contributed by atoms with Gasteiger partial charge in [0.15, 0.2) is 35.8 Å². The molecule has 1 N–H and O–H groups in total. The van der Waals surface area contributed by atoms with Crippen LogP contribution < -0.4 is 11.1 Å². The van der Waals surface area contributed by atoms with Gasteiger partial charge in [0.1, 0.15) is 49.6 Å². The van der Waals surface area contributed by atoms with Gasteiger partial charge in [0.05, 0.1) is 31.3 Å². The molecule has 8 atom stereocenters. The first-order chi connectivity index (χ1) is 25.8. The van der Waals surface area contributed by atoms with Crippen LogP contribution >= 0.6 is 38.1 Å². The fourth-order valence-corrected chi connectivity index (χ4v) is 7.70. The third kappa shape index (κ3) is 9.38. The average Bonchev–Trinajstić information content (AvgIpc) is 3.90. The van der Waals surface area contributed by atoms with Crippen molar-refractivity contribution in [3.8, 4) is 0 Å². The minimum atomic E-state index is -4.34. The average molecular weight is 853 g/mol. The second-order valence-electron chi connectivity index (χ2n) is 13.3. The second kappa shape index (κ2) is 16.2. The summed E-state index contributed by atoms with van der Waals surface area (Å²) in [4.78, 5) is 74.7. The van der Waals surface area contributed by atoms with E-state index in [2.05, 4.69) is 49.2 Å². The van der Waals surface area contributed by atoms with E-state index in [1.54, 1.807) is 20.8 Å². The molecule has 2 aliphatic rings. The Bertz CT molecular complexity index is 2290. The van der Waals surface area contributed by atoms with Crippen LogP contribution in [-0.4, -0.2) is 93.2 Å². The number of imidazole rings is 2. The molecule has 2 aliphatic heterocycles. The summed E-state index contributed by atoms with van der Waals surface area (Å²) in [6.45, 7) is -5.44. The molecular formula is C28H35FN8O14P2S2. The van der Waals surface area contributed by atoms with Crippen molar-refractivity contribution in [2.24, 2.45) is 5.41 Å². The summed E-state index contributed by atoms with van der Waals surface area (Å²) in [6.07, 6.45) is -2.76. The molecule has 4 aromatic heterocycles. The van der Waals surface area contributed by atoms with E-state index in [9.17, 15) is 33.2 Å². The van der Waals surface area contributed by atoms with E-state index in [4.69, 9.17) is 27.8 Å². The highest BCUT2D eigenvalue weighted by Crippen LogP contribution is 2.57. The number of carbonyl (C=O) groups excluding carboxylic acids is 2. The first kappa shape index (κ1) is 41.1. The summed E-state index contributed by atoms with van der Waals surface area (Å²) >= 11 is 7.56. The minimum Gasteiger partial charge on any atom is -0.446 e. The summed E-state index contributed by atoms with van der Waals surface area (Å²) in [5, 5.41) is 0. The molecule has 2 saturated heterocycles. The number of hydrogen-bond acceptors (Lipinski definition) is 17. The van der Waals surface area contributed by atoms with Crippen molar-refractivity contribution in [2.45, 2.75) is 84.0 Å². The van der Waals surface area contributed by atoms with Crippen LogP contribution in [-0.2, 0) is 64.7 Å². The Morgan fingerprint density at radius 2 is 1.45 bits per heavy atom. The van der Waals surface area contributed by atoms with Crippen molar-refractivity contribution >= 4 is 72.9 Å². The lowest BCUT2D eigenvalue weighted by Crippen LogP contribution is -2.28. The van der Waals surface area contributed by atoms with Gasteiger partial charge in [-0.2, -0.15) is 0 Å². The van der Waals surface area contributed by atoms with E-state index >= 15 is 4.39 Å². The number of alkyl halides is 1. The molecule has 7 unspecified atom stereocenters. The number of hydrogen-bond donors (Lipinski definition) is 3. The molecule has 0 amide bonds. The van der Waals surface area contributed by atoms with Crippen molar-refractivity contribution in [2.75, 3.05) is 13.2 Å². The lowest BCUT2D eigenvalue weighted by Gasteiger charge is -2.23. The van der Waals surface area contributed by atoms with Gasteiger partial charge in [-0.05, 0) is 20.8 Å². The quantitative estimate of drug-likeness (QED) is 0.0671. The molecule has 0 saturated carbocycles. The van der Waals surface area contributed by atoms with Gasteiger partial charge in [0.25, 0.3) is 17.6 Å². The summed E-state index contributed by atoms with van der Waals surface area (Å²) in [5.41, 5.74) is -2.03. The Labute approximate surface area is 319 Å². The summed E-state index contributed by atoms with van der Waals surface area (Å²) in [6, 6.07) is 0. The first-order valence-corrected chi connectivity index (χ1v) is 21.6. The van der Waals surface area contributed by atoms with Crippen molar-refractivity contribution < 1.29 is 60.5 Å². The van der Waals surface area contributed by atoms with Gasteiger partial charge < -0.3 is 23.8 Å². The smallest absolute Gasteiger partial charge is 0.386 e. The zero-order chi connectivity index (χ0) is 39.9. The highest BCUT2D eigenvalue weighted by Gasteiger charge is 2.44. The number of nitrogens with zero attached hydrogens (tertiary/aromatic N) is 8. The van der Waals surface area contributed by atoms with Gasteiger partial charge in [-0.3, -0.25) is 51.0 Å². The fourth-order valence-electron chi connectivity index (χ4n) is 5.63. The maximum Gasteiger partial charge on any atom is 0.386 e.